The average molecular weight is 1970 g/mol. The Kier molecular flexibility index (Phi) is 23.3. The molecule has 0 atom stereocenters. The quantitative estimate of drug-likeness (QED) is 0.0874. The van der Waals surface area contributed by atoms with Crippen LogP contribution in [-0.2, 0) is 0 Å². The molecule has 29 rings (SSSR count). The van der Waals surface area contributed by atoms with E-state index < -0.39 is 0 Å². The normalized spacial score (nSPS) is 11.5. The first-order valence-electron chi connectivity index (χ1n) is 50.0. The Bertz CT molecular complexity index is 10100. The fraction of sp³-hybridized carbons (Fsp3) is 0. The number of para-hydroxylation sites is 9. The maximum Gasteiger partial charge on any atom is 0.161 e. The minimum Gasteiger partial charge on any atom is -0.292 e. The van der Waals surface area contributed by atoms with Crippen molar-refractivity contribution in [1.29, 1.82) is 0 Å². The van der Waals surface area contributed by atoms with Crippen LogP contribution in [0.1, 0.15) is 0 Å². The largest absolute Gasteiger partial charge is 0.292 e. The van der Waals surface area contributed by atoms with Gasteiger partial charge in [-0.05, 0) is 156 Å². The van der Waals surface area contributed by atoms with Crippen molar-refractivity contribution in [2.24, 2.45) is 0 Å². The third-order valence-corrected chi connectivity index (χ3v) is 31.1. The SMILES string of the molecule is c1ccc(-c2cc(-c3ccccc3)nc(-c3cccc4sc5cc(-c6nc7ccccc7n6-c6ccccc6)ccc5c34)n2)cc1.c1ccc(-c2ccc(-c3cc(-c4ccccc4)nc(-c4cccc5sc6cc(-c7nc8ccccc8n7-c7ccccc7)ccc6c45)n3)cc2)cc1.c1ccc(-c2cccc(-c3cc(-c4ccccc4)nc(-c4cccc5sc6cc(-c7nc8ccccc8n7-c7ccccc7)ccc6c45)n3)c2)cc1. The topological polar surface area (TPSA) is 131 Å². The third-order valence-electron chi connectivity index (χ3n) is 27.7. The molecule has 20 aromatic carbocycles. The van der Waals surface area contributed by atoms with Gasteiger partial charge in [-0.25, -0.2) is 44.9 Å². The molecule has 0 aliphatic carbocycles. The molecule has 0 aliphatic rings. The van der Waals surface area contributed by atoms with Crippen LogP contribution < -0.4 is 0 Å². The van der Waals surface area contributed by atoms with Crippen LogP contribution in [0, 0.1) is 0 Å². The highest BCUT2D eigenvalue weighted by molar-refractivity contribution is 7.26. The Labute approximate surface area is 876 Å². The van der Waals surface area contributed by atoms with E-state index in [2.05, 4.69) is 463 Å². The molecule has 0 N–H and O–H groups in total. The molecule has 0 fully saturated rings. The molecule has 9 aromatic heterocycles. The summed E-state index contributed by atoms with van der Waals surface area (Å²) in [4.78, 5) is 46.7. The first-order chi connectivity index (χ1) is 74.3. The summed E-state index contributed by atoms with van der Waals surface area (Å²) in [6, 6.07) is 182. The highest BCUT2D eigenvalue weighted by Gasteiger charge is 2.26. The Morgan fingerprint density at radius 3 is 0.687 bits per heavy atom. The molecule has 0 saturated carbocycles. The molecular formula is C135H86N12S3. The van der Waals surface area contributed by atoms with E-state index in [1.54, 1.807) is 34.0 Å². The van der Waals surface area contributed by atoms with Crippen molar-refractivity contribution in [2.75, 3.05) is 0 Å². The van der Waals surface area contributed by atoms with Crippen LogP contribution in [0.15, 0.2) is 522 Å². The number of hydrogen-bond acceptors (Lipinski definition) is 12. The summed E-state index contributed by atoms with van der Waals surface area (Å²) >= 11 is 5.39. The van der Waals surface area contributed by atoms with Gasteiger partial charge in [0, 0.05) is 144 Å². The van der Waals surface area contributed by atoms with Gasteiger partial charge in [-0.3, -0.25) is 13.7 Å². The molecule has 150 heavy (non-hydrogen) atoms. The number of nitrogens with zero attached hydrogens (tertiary/aromatic N) is 12. The summed E-state index contributed by atoms with van der Waals surface area (Å²) in [7, 11) is 0. The minimum atomic E-state index is 0.710. The fourth-order valence-electron chi connectivity index (χ4n) is 20.6. The Morgan fingerprint density at radius 2 is 0.373 bits per heavy atom. The lowest BCUT2D eigenvalue weighted by Gasteiger charge is -2.12. The second-order valence-corrected chi connectivity index (χ2v) is 40.3. The van der Waals surface area contributed by atoms with Gasteiger partial charge in [-0.2, -0.15) is 0 Å². The number of fused-ring (bicyclic) bond motifs is 12. The molecule has 29 aromatic rings. The Morgan fingerprint density at radius 1 is 0.147 bits per heavy atom. The van der Waals surface area contributed by atoms with E-state index in [0.717, 1.165) is 180 Å². The van der Waals surface area contributed by atoms with E-state index >= 15 is 0 Å². The summed E-state index contributed by atoms with van der Waals surface area (Å²) < 4.78 is 14.0. The molecular weight excluding hydrogens is 1890 g/mol. The number of hydrogen-bond donors (Lipinski definition) is 0. The van der Waals surface area contributed by atoms with E-state index in [9.17, 15) is 0 Å². The summed E-state index contributed by atoms with van der Waals surface area (Å²) in [5.74, 6) is 4.92. The van der Waals surface area contributed by atoms with Crippen LogP contribution in [0.5, 0.6) is 0 Å². The zero-order valence-electron chi connectivity index (χ0n) is 80.7. The van der Waals surface area contributed by atoms with Crippen LogP contribution in [0.4, 0.5) is 0 Å². The second-order valence-electron chi connectivity index (χ2n) is 37.0. The maximum absolute atomic E-state index is 5.29. The lowest BCUT2D eigenvalue weighted by Crippen LogP contribution is -1.97. The number of rotatable bonds is 17. The van der Waals surface area contributed by atoms with Gasteiger partial charge in [-0.1, -0.05) is 388 Å². The standard InChI is InChI=1S/2C47H30N4S.C41H26N4S/c1-4-14-31(15-5-1)33-18-12-19-34(28-33)41-30-40(32-16-6-2-7-17-32)48-46(49-41)38-22-13-25-43-45(38)37-27-26-35(29-44(37)52-43)47-50-39-23-10-11-24-42(39)51(47)36-20-8-3-9-21-36;1-4-13-31(14-5-1)32-23-25-34(26-24-32)41-30-40(33-15-6-2-7-16-33)48-46(49-41)38-19-12-22-43-45(38)37-28-27-35(29-44(37)52-43)47-50-39-20-10-11-21-42(39)51(47)36-17-8-3-9-18-36;1-4-13-27(14-5-1)34-26-35(28-15-6-2-7-16-28)43-40(42-34)32-19-12-22-37-39(32)31-24-23-29(25-38(31)46-37)41-44-33-20-10-11-21-36(33)45(41)30-17-8-3-9-18-30/h2*1-30H;1-26H. The molecule has 0 unspecified atom stereocenters. The molecule has 0 aliphatic heterocycles. The molecule has 704 valence electrons. The summed E-state index contributed by atoms with van der Waals surface area (Å²) in [6.45, 7) is 0. The average Bonchev–Trinajstić information content (AvgIpc) is 1.57. The van der Waals surface area contributed by atoms with E-state index in [1.807, 2.05) is 72.8 Å². The van der Waals surface area contributed by atoms with Gasteiger partial charge < -0.3 is 0 Å². The lowest BCUT2D eigenvalue weighted by atomic mass is 10.00. The summed E-state index contributed by atoms with van der Waals surface area (Å²) in [5.41, 5.74) is 32.2. The highest BCUT2D eigenvalue weighted by atomic mass is 32.1. The second kappa shape index (κ2) is 39.0. The predicted molar refractivity (Wildman–Crippen MR) is 625 cm³/mol. The number of benzene rings is 20. The van der Waals surface area contributed by atoms with Crippen molar-refractivity contribution in [3.8, 4) is 175 Å². The van der Waals surface area contributed by atoms with E-state index in [0.29, 0.717) is 11.6 Å². The van der Waals surface area contributed by atoms with Gasteiger partial charge in [-0.15, -0.1) is 34.0 Å². The minimum absolute atomic E-state index is 0.710. The summed E-state index contributed by atoms with van der Waals surface area (Å²) in [6.07, 6.45) is 0. The molecule has 0 amide bonds. The van der Waals surface area contributed by atoms with Gasteiger partial charge in [0.2, 0.25) is 0 Å². The van der Waals surface area contributed by atoms with Crippen molar-refractivity contribution >= 4 is 128 Å². The van der Waals surface area contributed by atoms with Crippen molar-refractivity contribution in [3.05, 3.63) is 522 Å². The molecule has 12 nitrogen and oxygen atoms in total. The zero-order chi connectivity index (χ0) is 99.3. The van der Waals surface area contributed by atoms with E-state index in [1.165, 1.54) is 77.2 Å². The maximum atomic E-state index is 5.29. The molecule has 0 saturated heterocycles. The van der Waals surface area contributed by atoms with Crippen LogP contribution in [0.2, 0.25) is 0 Å². The molecule has 9 heterocycles. The third kappa shape index (κ3) is 17.1. The zero-order valence-corrected chi connectivity index (χ0v) is 83.2. The van der Waals surface area contributed by atoms with Gasteiger partial charge >= 0.3 is 0 Å². The summed E-state index contributed by atoms with van der Waals surface area (Å²) in [5, 5.41) is 7.07. The van der Waals surface area contributed by atoms with Gasteiger partial charge in [0.25, 0.3) is 0 Å². The van der Waals surface area contributed by atoms with Crippen molar-refractivity contribution in [1.82, 2.24) is 58.6 Å². The lowest BCUT2D eigenvalue weighted by molar-refractivity contribution is 1.10. The van der Waals surface area contributed by atoms with Crippen LogP contribution in [0.3, 0.4) is 0 Å². The first kappa shape index (κ1) is 89.5. The fourth-order valence-corrected chi connectivity index (χ4v) is 24.1. The molecule has 0 spiro atoms. The first-order valence-corrected chi connectivity index (χ1v) is 52.5. The van der Waals surface area contributed by atoms with Crippen LogP contribution in [-0.4, -0.2) is 58.6 Å². The van der Waals surface area contributed by atoms with E-state index in [-0.39, 0.29) is 0 Å². The number of imidazole rings is 3. The number of aromatic nitrogens is 12. The van der Waals surface area contributed by atoms with Gasteiger partial charge in [0.1, 0.15) is 17.5 Å². The van der Waals surface area contributed by atoms with E-state index in [4.69, 9.17) is 44.9 Å². The number of thiophene rings is 3. The van der Waals surface area contributed by atoms with Gasteiger partial charge in [0.15, 0.2) is 17.5 Å². The van der Waals surface area contributed by atoms with Crippen LogP contribution >= 0.6 is 34.0 Å². The Hall–Kier alpha value is -19.3. The Balaban J connectivity index is 0.000000111. The monoisotopic (exact) mass is 1970 g/mol. The van der Waals surface area contributed by atoms with Crippen LogP contribution in [0.25, 0.3) is 269 Å². The smallest absolute Gasteiger partial charge is 0.161 e. The molecule has 0 radical (unpaired) electrons. The van der Waals surface area contributed by atoms with Crippen molar-refractivity contribution < 1.29 is 0 Å². The van der Waals surface area contributed by atoms with Gasteiger partial charge in [0.05, 0.1) is 67.3 Å². The molecule has 15 heteroatoms. The van der Waals surface area contributed by atoms with Crippen molar-refractivity contribution in [2.45, 2.75) is 0 Å². The predicted octanol–water partition coefficient (Wildman–Crippen LogP) is 35.9. The molecule has 0 bridgehead atoms. The highest BCUT2D eigenvalue weighted by Crippen LogP contribution is 2.48. The van der Waals surface area contributed by atoms with Crippen molar-refractivity contribution in [3.63, 3.8) is 0 Å².